The van der Waals surface area contributed by atoms with Gasteiger partial charge >= 0.3 is 0 Å². The SMILES string of the molecule is O=C(NCC1=COCO1)c1ccccc1. The van der Waals surface area contributed by atoms with E-state index in [1.54, 1.807) is 12.1 Å². The van der Waals surface area contributed by atoms with Crippen molar-refractivity contribution in [1.82, 2.24) is 5.32 Å². The quantitative estimate of drug-likeness (QED) is 0.808. The molecule has 0 radical (unpaired) electrons. The molecule has 15 heavy (non-hydrogen) atoms. The van der Waals surface area contributed by atoms with Crippen molar-refractivity contribution in [1.29, 1.82) is 0 Å². The highest BCUT2D eigenvalue weighted by Crippen LogP contribution is 2.05. The van der Waals surface area contributed by atoms with Crippen LogP contribution in [0.15, 0.2) is 42.4 Å². The average Bonchev–Trinajstić information content (AvgIpc) is 2.80. The summed E-state index contributed by atoms with van der Waals surface area (Å²) in [6.07, 6.45) is 1.51. The summed E-state index contributed by atoms with van der Waals surface area (Å²) in [6, 6.07) is 9.03. The van der Waals surface area contributed by atoms with Crippen molar-refractivity contribution in [2.24, 2.45) is 0 Å². The van der Waals surface area contributed by atoms with Crippen LogP contribution in [0, 0.1) is 0 Å². The van der Waals surface area contributed by atoms with E-state index in [-0.39, 0.29) is 12.7 Å². The Hall–Kier alpha value is -1.97. The summed E-state index contributed by atoms with van der Waals surface area (Å²) in [5, 5.41) is 2.73. The number of rotatable bonds is 3. The van der Waals surface area contributed by atoms with E-state index in [9.17, 15) is 4.79 Å². The van der Waals surface area contributed by atoms with Gasteiger partial charge in [0.25, 0.3) is 5.91 Å². The van der Waals surface area contributed by atoms with Gasteiger partial charge in [-0.1, -0.05) is 18.2 Å². The molecule has 0 saturated carbocycles. The number of hydrogen-bond donors (Lipinski definition) is 1. The molecule has 0 bridgehead atoms. The van der Waals surface area contributed by atoms with Gasteiger partial charge in [0.15, 0.2) is 5.76 Å². The van der Waals surface area contributed by atoms with Crippen LogP contribution in [0.3, 0.4) is 0 Å². The molecular weight excluding hydrogens is 194 g/mol. The van der Waals surface area contributed by atoms with E-state index >= 15 is 0 Å². The zero-order chi connectivity index (χ0) is 10.5. The summed E-state index contributed by atoms with van der Waals surface area (Å²) >= 11 is 0. The van der Waals surface area contributed by atoms with Crippen molar-refractivity contribution in [2.45, 2.75) is 0 Å². The Labute approximate surface area is 87.5 Å². The Morgan fingerprint density at radius 1 is 1.33 bits per heavy atom. The van der Waals surface area contributed by atoms with Gasteiger partial charge in [0.2, 0.25) is 6.79 Å². The van der Waals surface area contributed by atoms with Crippen molar-refractivity contribution in [3.63, 3.8) is 0 Å². The Balaban J connectivity index is 1.87. The fourth-order valence-electron chi connectivity index (χ4n) is 1.22. The summed E-state index contributed by atoms with van der Waals surface area (Å²) < 4.78 is 9.92. The fraction of sp³-hybridized carbons (Fsp3) is 0.182. The van der Waals surface area contributed by atoms with Crippen LogP contribution in [0.2, 0.25) is 0 Å². The third-order valence-corrected chi connectivity index (χ3v) is 1.99. The highest BCUT2D eigenvalue weighted by molar-refractivity contribution is 5.94. The molecule has 0 aromatic heterocycles. The third-order valence-electron chi connectivity index (χ3n) is 1.99. The van der Waals surface area contributed by atoms with E-state index in [0.717, 1.165) is 0 Å². The molecule has 0 unspecified atom stereocenters. The normalized spacial score (nSPS) is 13.7. The van der Waals surface area contributed by atoms with Gasteiger partial charge in [0.05, 0.1) is 6.54 Å². The third kappa shape index (κ3) is 2.49. The van der Waals surface area contributed by atoms with E-state index in [2.05, 4.69) is 5.32 Å². The standard InChI is InChI=1S/C11H11NO3/c13-11(9-4-2-1-3-5-9)12-6-10-7-14-8-15-10/h1-5,7H,6,8H2,(H,12,13). The molecule has 4 heteroatoms. The van der Waals surface area contributed by atoms with Crippen molar-refractivity contribution < 1.29 is 14.3 Å². The molecular formula is C11H11NO3. The van der Waals surface area contributed by atoms with E-state index in [0.29, 0.717) is 17.9 Å². The lowest BCUT2D eigenvalue weighted by atomic mass is 10.2. The molecule has 0 atom stereocenters. The second-order valence-electron chi connectivity index (χ2n) is 3.06. The van der Waals surface area contributed by atoms with Crippen LogP contribution in [0.1, 0.15) is 10.4 Å². The molecule has 1 N–H and O–H groups in total. The number of benzene rings is 1. The lowest BCUT2D eigenvalue weighted by Crippen LogP contribution is -2.25. The molecule has 0 fully saturated rings. The molecule has 1 aliphatic rings. The summed E-state index contributed by atoms with van der Waals surface area (Å²) in [6.45, 7) is 0.588. The Kier molecular flexibility index (Phi) is 2.88. The topological polar surface area (TPSA) is 47.6 Å². The highest BCUT2D eigenvalue weighted by Gasteiger charge is 2.09. The average molecular weight is 205 g/mol. The summed E-state index contributed by atoms with van der Waals surface area (Å²) in [5.74, 6) is 0.520. The number of amides is 1. The van der Waals surface area contributed by atoms with E-state index in [4.69, 9.17) is 9.47 Å². The number of carbonyl (C=O) groups excluding carboxylic acids is 1. The van der Waals surface area contributed by atoms with Crippen molar-refractivity contribution >= 4 is 5.91 Å². The van der Waals surface area contributed by atoms with Crippen LogP contribution < -0.4 is 5.32 Å². The largest absolute Gasteiger partial charge is 0.462 e. The minimum absolute atomic E-state index is 0.119. The smallest absolute Gasteiger partial charge is 0.251 e. The Bertz CT molecular complexity index is 373. The Morgan fingerprint density at radius 2 is 2.13 bits per heavy atom. The van der Waals surface area contributed by atoms with Gasteiger partial charge in [-0.05, 0) is 12.1 Å². The number of hydrogen-bond acceptors (Lipinski definition) is 3. The van der Waals surface area contributed by atoms with Gasteiger partial charge in [-0.3, -0.25) is 4.79 Å². The van der Waals surface area contributed by atoms with Gasteiger partial charge in [0, 0.05) is 5.56 Å². The monoisotopic (exact) mass is 205 g/mol. The van der Waals surface area contributed by atoms with E-state index in [1.165, 1.54) is 6.26 Å². The molecule has 78 valence electrons. The van der Waals surface area contributed by atoms with Gasteiger partial charge < -0.3 is 14.8 Å². The van der Waals surface area contributed by atoms with Crippen molar-refractivity contribution in [3.8, 4) is 0 Å². The maximum Gasteiger partial charge on any atom is 0.251 e. The fourth-order valence-corrected chi connectivity index (χ4v) is 1.22. The first-order valence-corrected chi connectivity index (χ1v) is 4.63. The predicted octanol–water partition coefficient (Wildman–Crippen LogP) is 1.26. The van der Waals surface area contributed by atoms with Crippen LogP contribution in [-0.4, -0.2) is 19.2 Å². The molecule has 1 amide bonds. The molecule has 1 aromatic rings. The van der Waals surface area contributed by atoms with Crippen molar-refractivity contribution in [3.05, 3.63) is 47.9 Å². The lowest BCUT2D eigenvalue weighted by Gasteiger charge is -2.04. The van der Waals surface area contributed by atoms with Gasteiger partial charge in [-0.25, -0.2) is 0 Å². The maximum absolute atomic E-state index is 11.6. The lowest BCUT2D eigenvalue weighted by molar-refractivity contribution is 0.0768. The molecule has 1 aromatic carbocycles. The first-order chi connectivity index (χ1) is 7.36. The summed E-state index contributed by atoms with van der Waals surface area (Å²) in [4.78, 5) is 11.6. The molecule has 4 nitrogen and oxygen atoms in total. The highest BCUT2D eigenvalue weighted by atomic mass is 16.7. The zero-order valence-electron chi connectivity index (χ0n) is 8.10. The van der Waals surface area contributed by atoms with Crippen LogP contribution in [0.25, 0.3) is 0 Å². The van der Waals surface area contributed by atoms with Crippen LogP contribution in [0.4, 0.5) is 0 Å². The maximum atomic E-state index is 11.6. The number of carbonyl (C=O) groups is 1. The molecule has 0 spiro atoms. The van der Waals surface area contributed by atoms with E-state index in [1.807, 2.05) is 18.2 Å². The zero-order valence-corrected chi connectivity index (χ0v) is 8.10. The first kappa shape index (κ1) is 9.58. The molecule has 1 aliphatic heterocycles. The predicted molar refractivity (Wildman–Crippen MR) is 53.9 cm³/mol. The van der Waals surface area contributed by atoms with Crippen LogP contribution >= 0.6 is 0 Å². The van der Waals surface area contributed by atoms with Crippen molar-refractivity contribution in [2.75, 3.05) is 13.3 Å². The first-order valence-electron chi connectivity index (χ1n) is 4.63. The van der Waals surface area contributed by atoms with Gasteiger partial charge in [0.1, 0.15) is 6.26 Å². The summed E-state index contributed by atoms with van der Waals surface area (Å²) in [7, 11) is 0. The van der Waals surface area contributed by atoms with Crippen LogP contribution in [0.5, 0.6) is 0 Å². The van der Waals surface area contributed by atoms with Gasteiger partial charge in [-0.2, -0.15) is 0 Å². The molecule has 1 heterocycles. The van der Waals surface area contributed by atoms with Gasteiger partial charge in [-0.15, -0.1) is 0 Å². The minimum atomic E-state index is -0.119. The molecule has 0 saturated heterocycles. The molecule has 2 rings (SSSR count). The minimum Gasteiger partial charge on any atom is -0.462 e. The number of nitrogens with one attached hydrogen (secondary N) is 1. The molecule has 0 aliphatic carbocycles. The van der Waals surface area contributed by atoms with Crippen LogP contribution in [-0.2, 0) is 9.47 Å². The second-order valence-corrected chi connectivity index (χ2v) is 3.06. The number of ether oxygens (including phenoxy) is 2. The van der Waals surface area contributed by atoms with E-state index < -0.39 is 0 Å². The second kappa shape index (κ2) is 4.50. The Morgan fingerprint density at radius 3 is 2.80 bits per heavy atom. The summed E-state index contributed by atoms with van der Waals surface area (Å²) in [5.41, 5.74) is 0.636.